The Morgan fingerprint density at radius 1 is 0.931 bits per heavy atom. The number of likely N-dealkylation sites (tertiary alicyclic amines) is 1. The van der Waals surface area contributed by atoms with E-state index in [2.05, 4.69) is 68.3 Å². The molecular weight excluding hydrogens is 354 g/mol. The quantitative estimate of drug-likeness (QED) is 0.589. The molecule has 1 amide bonds. The molecule has 156 valence electrons. The largest absolute Gasteiger partial charge is 0.342 e. The van der Waals surface area contributed by atoms with E-state index in [1.807, 2.05) is 0 Å². The van der Waals surface area contributed by atoms with Gasteiger partial charge in [-0.2, -0.15) is 0 Å². The first-order valence-electron chi connectivity index (χ1n) is 11.9. The molecule has 2 heteroatoms. The van der Waals surface area contributed by atoms with Crippen molar-refractivity contribution in [2.24, 2.45) is 34.5 Å². The van der Waals surface area contributed by atoms with Gasteiger partial charge in [0.05, 0.1) is 0 Å². The first-order valence-corrected chi connectivity index (χ1v) is 11.9. The molecule has 5 rings (SSSR count). The number of allylic oxidation sites excluding steroid dienone is 1. The predicted octanol–water partition coefficient (Wildman–Crippen LogP) is 6.18. The van der Waals surface area contributed by atoms with Crippen molar-refractivity contribution in [3.8, 4) is 0 Å². The fourth-order valence-electron chi connectivity index (χ4n) is 8.30. The lowest BCUT2D eigenvalue weighted by molar-refractivity contribution is -0.157. The van der Waals surface area contributed by atoms with Crippen molar-refractivity contribution in [2.45, 2.75) is 71.3 Å². The van der Waals surface area contributed by atoms with Gasteiger partial charge >= 0.3 is 0 Å². The molecule has 7 atom stereocenters. The monoisotopic (exact) mass is 391 g/mol. The second-order valence-corrected chi connectivity index (χ2v) is 11.0. The lowest BCUT2D eigenvalue weighted by atomic mass is 9.47. The van der Waals surface area contributed by atoms with E-state index < -0.39 is 0 Å². The number of piperidine rings is 1. The molecule has 0 bridgehead atoms. The van der Waals surface area contributed by atoms with E-state index in [0.29, 0.717) is 22.8 Å². The highest BCUT2D eigenvalue weighted by atomic mass is 16.2. The summed E-state index contributed by atoms with van der Waals surface area (Å²) in [6.45, 7) is 5.13. The molecule has 3 aliphatic carbocycles. The molecule has 1 saturated heterocycles. The number of amides is 1. The summed E-state index contributed by atoms with van der Waals surface area (Å²) in [4.78, 5) is 14.5. The highest BCUT2D eigenvalue weighted by Crippen LogP contribution is 2.66. The lowest BCUT2D eigenvalue weighted by Crippen LogP contribution is -2.61. The standard InChI is InChI=1S/C27H37NO/c1-26-17-15-23-21(12-14-24-27(23,2)18-16-25(29)28(24)3)22(26)13-11-20(26)10-9-19-7-5-4-6-8-19/h4-10,20-24H,11-18H2,1-3H3/b10-9+/t20-,21-,22-,23-,24+,26+,27+/m0/s1. The minimum Gasteiger partial charge on any atom is -0.342 e. The fraction of sp³-hybridized carbons (Fsp3) is 0.667. The number of hydrogen-bond donors (Lipinski definition) is 0. The van der Waals surface area contributed by atoms with E-state index in [9.17, 15) is 4.79 Å². The van der Waals surface area contributed by atoms with E-state index in [0.717, 1.165) is 36.5 Å². The van der Waals surface area contributed by atoms with E-state index >= 15 is 0 Å². The van der Waals surface area contributed by atoms with Crippen LogP contribution in [0.15, 0.2) is 36.4 Å². The number of carbonyl (C=O) groups is 1. The first kappa shape index (κ1) is 19.4. The maximum Gasteiger partial charge on any atom is 0.222 e. The van der Waals surface area contributed by atoms with E-state index in [-0.39, 0.29) is 0 Å². The Morgan fingerprint density at radius 2 is 1.69 bits per heavy atom. The average Bonchev–Trinajstić information content (AvgIpc) is 3.07. The third-order valence-electron chi connectivity index (χ3n) is 9.95. The first-order chi connectivity index (χ1) is 13.9. The van der Waals surface area contributed by atoms with Crippen molar-refractivity contribution in [1.29, 1.82) is 0 Å². The summed E-state index contributed by atoms with van der Waals surface area (Å²) in [6.07, 6.45) is 14.8. The van der Waals surface area contributed by atoms with Crippen molar-refractivity contribution in [3.63, 3.8) is 0 Å². The molecule has 3 saturated carbocycles. The third kappa shape index (κ3) is 2.93. The van der Waals surface area contributed by atoms with Crippen LogP contribution in [0.25, 0.3) is 6.08 Å². The zero-order chi connectivity index (χ0) is 20.2. The topological polar surface area (TPSA) is 20.3 Å². The Bertz CT molecular complexity index is 800. The third-order valence-corrected chi connectivity index (χ3v) is 9.95. The minimum atomic E-state index is 0.338. The van der Waals surface area contributed by atoms with E-state index in [1.54, 1.807) is 0 Å². The van der Waals surface area contributed by atoms with Gasteiger partial charge in [-0.25, -0.2) is 0 Å². The molecule has 1 aromatic carbocycles. The van der Waals surface area contributed by atoms with Crippen LogP contribution >= 0.6 is 0 Å². The highest BCUT2D eigenvalue weighted by molar-refractivity contribution is 5.77. The van der Waals surface area contributed by atoms with Crippen molar-refractivity contribution >= 4 is 12.0 Å². The molecule has 0 radical (unpaired) electrons. The summed E-state index contributed by atoms with van der Waals surface area (Å²) >= 11 is 0. The maximum absolute atomic E-state index is 12.3. The summed E-state index contributed by atoms with van der Waals surface area (Å²) in [5, 5.41) is 0. The summed E-state index contributed by atoms with van der Waals surface area (Å²) in [6, 6.07) is 11.3. The van der Waals surface area contributed by atoms with Gasteiger partial charge < -0.3 is 4.90 Å². The fourth-order valence-corrected chi connectivity index (χ4v) is 8.30. The Hall–Kier alpha value is -1.57. The van der Waals surface area contributed by atoms with Crippen LogP contribution in [-0.4, -0.2) is 23.9 Å². The van der Waals surface area contributed by atoms with Gasteiger partial charge in [-0.1, -0.05) is 56.3 Å². The van der Waals surface area contributed by atoms with Gasteiger partial charge in [-0.3, -0.25) is 4.79 Å². The van der Waals surface area contributed by atoms with Crippen LogP contribution in [0.4, 0.5) is 0 Å². The molecule has 29 heavy (non-hydrogen) atoms. The molecule has 0 unspecified atom stereocenters. The lowest BCUT2D eigenvalue weighted by Gasteiger charge is -2.61. The van der Waals surface area contributed by atoms with E-state index in [1.165, 1.54) is 44.1 Å². The van der Waals surface area contributed by atoms with Gasteiger partial charge in [0.2, 0.25) is 5.91 Å². The van der Waals surface area contributed by atoms with E-state index in [4.69, 9.17) is 0 Å². The smallest absolute Gasteiger partial charge is 0.222 e. The summed E-state index contributed by atoms with van der Waals surface area (Å²) in [5.41, 5.74) is 2.13. The average molecular weight is 392 g/mol. The zero-order valence-electron chi connectivity index (χ0n) is 18.4. The van der Waals surface area contributed by atoms with Gasteiger partial charge in [-0.15, -0.1) is 0 Å². The van der Waals surface area contributed by atoms with Crippen molar-refractivity contribution in [2.75, 3.05) is 7.05 Å². The van der Waals surface area contributed by atoms with Crippen LogP contribution in [0.2, 0.25) is 0 Å². The molecule has 1 aliphatic heterocycles. The maximum atomic E-state index is 12.3. The molecular formula is C27H37NO. The van der Waals surface area contributed by atoms with Gasteiger partial charge in [0.1, 0.15) is 0 Å². The molecule has 2 nitrogen and oxygen atoms in total. The Morgan fingerprint density at radius 3 is 2.48 bits per heavy atom. The number of fused-ring (bicyclic) bond motifs is 5. The minimum absolute atomic E-state index is 0.338. The van der Waals surface area contributed by atoms with Crippen molar-refractivity contribution < 1.29 is 4.79 Å². The zero-order valence-corrected chi connectivity index (χ0v) is 18.4. The van der Waals surface area contributed by atoms with Crippen LogP contribution in [0.1, 0.15) is 70.8 Å². The van der Waals surface area contributed by atoms with Crippen LogP contribution in [0.3, 0.4) is 0 Å². The molecule has 1 aromatic rings. The van der Waals surface area contributed by atoms with Crippen molar-refractivity contribution in [1.82, 2.24) is 4.90 Å². The second kappa shape index (κ2) is 7.00. The molecule has 0 aromatic heterocycles. The van der Waals surface area contributed by atoms with Crippen LogP contribution in [0.5, 0.6) is 0 Å². The highest BCUT2D eigenvalue weighted by Gasteiger charge is 2.60. The Kier molecular flexibility index (Phi) is 4.68. The second-order valence-electron chi connectivity index (χ2n) is 11.0. The van der Waals surface area contributed by atoms with Crippen LogP contribution < -0.4 is 0 Å². The molecule has 4 aliphatic rings. The van der Waals surface area contributed by atoms with Crippen LogP contribution in [-0.2, 0) is 4.79 Å². The van der Waals surface area contributed by atoms with Crippen LogP contribution in [0, 0.1) is 34.5 Å². The summed E-state index contributed by atoms with van der Waals surface area (Å²) in [7, 11) is 2.07. The summed E-state index contributed by atoms with van der Waals surface area (Å²) in [5.74, 6) is 3.64. The molecule has 0 spiro atoms. The van der Waals surface area contributed by atoms with Gasteiger partial charge in [-0.05, 0) is 85.0 Å². The number of nitrogens with zero attached hydrogens (tertiary/aromatic N) is 1. The van der Waals surface area contributed by atoms with Gasteiger partial charge in [0.15, 0.2) is 0 Å². The molecule has 4 fully saturated rings. The normalized spacial score (nSPS) is 44.4. The number of benzene rings is 1. The number of hydrogen-bond acceptors (Lipinski definition) is 1. The molecule has 0 N–H and O–H groups in total. The molecule has 1 heterocycles. The van der Waals surface area contributed by atoms with Gasteiger partial charge in [0.25, 0.3) is 0 Å². The Balaban J connectivity index is 1.38. The predicted molar refractivity (Wildman–Crippen MR) is 119 cm³/mol. The SMILES string of the molecule is CN1C(=O)CC[C@]2(C)[C@H]3CC[C@]4(C)[C@@H](/C=C/c5ccccc5)CC[C@H]4[C@@H]3CC[C@@H]12. The Labute approximate surface area is 176 Å². The number of carbonyl (C=O) groups excluding carboxylic acids is 1. The van der Waals surface area contributed by atoms with Crippen molar-refractivity contribution in [3.05, 3.63) is 42.0 Å². The van der Waals surface area contributed by atoms with Gasteiger partial charge in [0, 0.05) is 19.5 Å². The summed E-state index contributed by atoms with van der Waals surface area (Å²) < 4.78 is 0. The number of rotatable bonds is 2.